The Bertz CT molecular complexity index is 244. The minimum atomic E-state index is -3.31. The van der Waals surface area contributed by atoms with E-state index in [1.54, 1.807) is 0 Å². The van der Waals surface area contributed by atoms with Crippen molar-refractivity contribution in [2.24, 2.45) is 10.9 Å². The Hall–Kier alpha value is -0.170. The zero-order valence-electron chi connectivity index (χ0n) is 7.65. The van der Waals surface area contributed by atoms with Gasteiger partial charge in [-0.2, -0.15) is 0 Å². The quantitative estimate of drug-likeness (QED) is 0.602. The highest BCUT2D eigenvalue weighted by Gasteiger charge is 2.16. The lowest BCUT2D eigenvalue weighted by Crippen LogP contribution is -2.42. The monoisotopic (exact) mass is 207 g/mol. The third-order valence-corrected chi connectivity index (χ3v) is 3.08. The third-order valence-electron chi connectivity index (χ3n) is 2.32. The molecular formula is C7H17N3O2S. The van der Waals surface area contributed by atoms with Crippen molar-refractivity contribution < 1.29 is 8.42 Å². The van der Waals surface area contributed by atoms with Gasteiger partial charge in [0.2, 0.25) is 10.0 Å². The van der Waals surface area contributed by atoms with Crippen LogP contribution >= 0.6 is 0 Å². The van der Waals surface area contributed by atoms with Gasteiger partial charge in [0.15, 0.2) is 0 Å². The van der Waals surface area contributed by atoms with E-state index < -0.39 is 10.0 Å². The smallest absolute Gasteiger partial charge is 0.210 e. The van der Waals surface area contributed by atoms with Crippen LogP contribution in [0.4, 0.5) is 0 Å². The summed E-state index contributed by atoms with van der Waals surface area (Å²) in [7, 11) is -3.31. The first kappa shape index (κ1) is 10.9. The minimum absolute atomic E-state index is 0.0439. The molecule has 0 bridgehead atoms. The average Bonchev–Trinajstić information content (AvgIpc) is 2.02. The highest BCUT2D eigenvalue weighted by atomic mass is 32.2. The molecule has 1 rings (SSSR count). The summed E-state index contributed by atoms with van der Waals surface area (Å²) < 4.78 is 21.3. The first-order valence-electron chi connectivity index (χ1n) is 4.46. The van der Waals surface area contributed by atoms with Gasteiger partial charge in [0.1, 0.15) is 0 Å². The van der Waals surface area contributed by atoms with Crippen molar-refractivity contribution in [1.82, 2.24) is 4.90 Å². The molecule has 1 heterocycles. The van der Waals surface area contributed by atoms with Crippen LogP contribution < -0.4 is 10.9 Å². The van der Waals surface area contributed by atoms with E-state index in [9.17, 15) is 8.42 Å². The van der Waals surface area contributed by atoms with Crippen molar-refractivity contribution in [2.45, 2.75) is 18.9 Å². The number of piperidine rings is 1. The van der Waals surface area contributed by atoms with Gasteiger partial charge in [-0.25, -0.2) is 13.6 Å². The topological polar surface area (TPSA) is 89.4 Å². The zero-order chi connectivity index (χ0) is 9.90. The van der Waals surface area contributed by atoms with Gasteiger partial charge >= 0.3 is 0 Å². The molecular weight excluding hydrogens is 190 g/mol. The molecule has 1 aliphatic rings. The summed E-state index contributed by atoms with van der Waals surface area (Å²) in [6.07, 6.45) is 1.90. The Morgan fingerprint density at radius 3 is 2.31 bits per heavy atom. The summed E-state index contributed by atoms with van der Waals surface area (Å²) in [4.78, 5) is 2.09. The molecule has 0 atom stereocenters. The number of nitrogens with two attached hydrogens (primary N) is 2. The maximum atomic E-state index is 10.7. The van der Waals surface area contributed by atoms with Crippen LogP contribution in [0.1, 0.15) is 12.8 Å². The molecule has 6 heteroatoms. The number of hydrogen-bond donors (Lipinski definition) is 2. The second-order valence-corrected chi connectivity index (χ2v) is 5.28. The second-order valence-electron chi connectivity index (χ2n) is 3.55. The fourth-order valence-corrected chi connectivity index (χ4v) is 1.95. The molecule has 0 saturated carbocycles. The lowest BCUT2D eigenvalue weighted by molar-refractivity contribution is 0.224. The van der Waals surface area contributed by atoms with Crippen molar-refractivity contribution >= 4 is 10.0 Å². The number of nitrogens with zero attached hydrogens (tertiary/aromatic N) is 1. The van der Waals surface area contributed by atoms with E-state index in [4.69, 9.17) is 10.9 Å². The lowest BCUT2D eigenvalue weighted by atomic mass is 10.1. The number of sulfonamides is 1. The Morgan fingerprint density at radius 1 is 1.31 bits per heavy atom. The van der Waals surface area contributed by atoms with Gasteiger partial charge in [0, 0.05) is 12.6 Å². The highest BCUT2D eigenvalue weighted by molar-refractivity contribution is 7.89. The van der Waals surface area contributed by atoms with Gasteiger partial charge in [-0.3, -0.25) is 0 Å². The van der Waals surface area contributed by atoms with Crippen molar-refractivity contribution in [3.05, 3.63) is 0 Å². The van der Waals surface area contributed by atoms with Gasteiger partial charge < -0.3 is 10.6 Å². The van der Waals surface area contributed by atoms with Gasteiger partial charge in [0.05, 0.1) is 5.75 Å². The number of hydrogen-bond acceptors (Lipinski definition) is 4. The normalized spacial score (nSPS) is 22.0. The number of likely N-dealkylation sites (tertiary alicyclic amines) is 1. The summed E-state index contributed by atoms with van der Waals surface area (Å²) in [6, 6.07) is 0.283. The maximum Gasteiger partial charge on any atom is 0.210 e. The van der Waals surface area contributed by atoms with Crippen LogP contribution in [0.2, 0.25) is 0 Å². The number of primary sulfonamides is 1. The molecule has 0 amide bonds. The Balaban J connectivity index is 2.24. The van der Waals surface area contributed by atoms with Gasteiger partial charge in [-0.15, -0.1) is 0 Å². The highest BCUT2D eigenvalue weighted by Crippen LogP contribution is 2.07. The summed E-state index contributed by atoms with van der Waals surface area (Å²) in [5.74, 6) is 0.0439. The first-order chi connectivity index (χ1) is 5.97. The fourth-order valence-electron chi connectivity index (χ4n) is 1.43. The molecule has 0 aliphatic carbocycles. The summed E-state index contributed by atoms with van der Waals surface area (Å²) >= 11 is 0. The second kappa shape index (κ2) is 4.36. The average molecular weight is 207 g/mol. The SMILES string of the molecule is NC1CCN(CCS(N)(=O)=O)CC1. The van der Waals surface area contributed by atoms with Crippen LogP contribution in [0.25, 0.3) is 0 Å². The van der Waals surface area contributed by atoms with Crippen LogP contribution in [0.5, 0.6) is 0 Å². The standard InChI is InChI=1S/C7H17N3O2S/c8-7-1-3-10(4-2-7)5-6-13(9,11)12/h7H,1-6,8H2,(H2,9,11,12). The Kier molecular flexibility index (Phi) is 3.66. The molecule has 1 aliphatic heterocycles. The van der Waals surface area contributed by atoms with E-state index in [0.717, 1.165) is 25.9 Å². The van der Waals surface area contributed by atoms with Crippen molar-refractivity contribution in [3.8, 4) is 0 Å². The van der Waals surface area contributed by atoms with E-state index >= 15 is 0 Å². The maximum absolute atomic E-state index is 10.7. The van der Waals surface area contributed by atoms with Crippen molar-refractivity contribution in [2.75, 3.05) is 25.4 Å². The lowest BCUT2D eigenvalue weighted by Gasteiger charge is -2.29. The Labute approximate surface area is 79.1 Å². The Morgan fingerprint density at radius 2 is 1.85 bits per heavy atom. The van der Waals surface area contributed by atoms with Crippen LogP contribution in [0, 0.1) is 0 Å². The van der Waals surface area contributed by atoms with Crippen LogP contribution in [0.3, 0.4) is 0 Å². The van der Waals surface area contributed by atoms with Crippen LogP contribution in [-0.4, -0.2) is 44.7 Å². The van der Waals surface area contributed by atoms with E-state index in [2.05, 4.69) is 4.90 Å². The largest absolute Gasteiger partial charge is 0.328 e. The first-order valence-corrected chi connectivity index (χ1v) is 6.17. The molecule has 0 spiro atoms. The van der Waals surface area contributed by atoms with E-state index in [1.807, 2.05) is 0 Å². The molecule has 13 heavy (non-hydrogen) atoms. The van der Waals surface area contributed by atoms with Gasteiger partial charge in [0.25, 0.3) is 0 Å². The number of rotatable bonds is 3. The molecule has 1 fully saturated rings. The third kappa shape index (κ3) is 4.56. The molecule has 0 radical (unpaired) electrons. The summed E-state index contributed by atoms with van der Waals surface area (Å²) in [6.45, 7) is 2.30. The fraction of sp³-hybridized carbons (Fsp3) is 1.00. The predicted molar refractivity (Wildman–Crippen MR) is 51.6 cm³/mol. The van der Waals surface area contributed by atoms with Crippen molar-refractivity contribution in [3.63, 3.8) is 0 Å². The van der Waals surface area contributed by atoms with E-state index in [-0.39, 0.29) is 11.8 Å². The van der Waals surface area contributed by atoms with E-state index in [0.29, 0.717) is 6.54 Å². The van der Waals surface area contributed by atoms with Crippen LogP contribution in [0.15, 0.2) is 0 Å². The zero-order valence-corrected chi connectivity index (χ0v) is 8.46. The summed E-state index contributed by atoms with van der Waals surface area (Å²) in [5, 5.41) is 4.90. The van der Waals surface area contributed by atoms with Crippen LogP contribution in [-0.2, 0) is 10.0 Å². The minimum Gasteiger partial charge on any atom is -0.328 e. The molecule has 0 aromatic heterocycles. The summed E-state index contributed by atoms with van der Waals surface area (Å²) in [5.41, 5.74) is 5.71. The van der Waals surface area contributed by atoms with Gasteiger partial charge in [-0.1, -0.05) is 0 Å². The molecule has 0 aromatic rings. The molecule has 0 aromatic carbocycles. The van der Waals surface area contributed by atoms with Crippen molar-refractivity contribution in [1.29, 1.82) is 0 Å². The molecule has 5 nitrogen and oxygen atoms in total. The molecule has 78 valence electrons. The molecule has 1 saturated heterocycles. The van der Waals surface area contributed by atoms with Gasteiger partial charge in [-0.05, 0) is 25.9 Å². The molecule has 0 unspecified atom stereocenters. The molecule has 4 N–H and O–H groups in total. The predicted octanol–water partition coefficient (Wildman–Crippen LogP) is -1.30. The van der Waals surface area contributed by atoms with E-state index in [1.165, 1.54) is 0 Å².